The number of amides is 1. The second kappa shape index (κ2) is 12.4. The molecule has 2 N–H and O–H groups in total. The van der Waals surface area contributed by atoms with Gasteiger partial charge in [0.1, 0.15) is 0 Å². The van der Waals surface area contributed by atoms with Crippen LogP contribution in [0.2, 0.25) is 0 Å². The van der Waals surface area contributed by atoms with Crippen molar-refractivity contribution in [2.24, 2.45) is 0 Å². The highest BCUT2D eigenvalue weighted by atomic mass is 16.5. The summed E-state index contributed by atoms with van der Waals surface area (Å²) < 4.78 is 15.7. The van der Waals surface area contributed by atoms with Crippen LogP contribution in [0.5, 0.6) is 11.5 Å². The number of nitrogens with zero attached hydrogens (tertiary/aromatic N) is 1. The van der Waals surface area contributed by atoms with Crippen LogP contribution < -0.4 is 19.7 Å². The van der Waals surface area contributed by atoms with E-state index in [1.807, 2.05) is 30.3 Å². The van der Waals surface area contributed by atoms with E-state index in [-0.39, 0.29) is 31.0 Å². The summed E-state index contributed by atoms with van der Waals surface area (Å²) in [5.41, 5.74) is 4.05. The van der Waals surface area contributed by atoms with Crippen LogP contribution in [0.3, 0.4) is 0 Å². The molecule has 0 spiro atoms. The van der Waals surface area contributed by atoms with Gasteiger partial charge in [0.05, 0.1) is 50.7 Å². The van der Waals surface area contributed by atoms with Crippen molar-refractivity contribution >= 4 is 35.0 Å². The third-order valence-corrected chi connectivity index (χ3v) is 7.84. The van der Waals surface area contributed by atoms with Gasteiger partial charge >= 0.3 is 11.9 Å². The lowest BCUT2D eigenvalue weighted by Gasteiger charge is -2.35. The molecule has 0 fully saturated rings. The largest absolute Gasteiger partial charge is 0.493 e. The van der Waals surface area contributed by atoms with Gasteiger partial charge in [-0.3, -0.25) is 19.3 Å². The van der Waals surface area contributed by atoms with Gasteiger partial charge in [-0.1, -0.05) is 30.3 Å². The first kappa shape index (κ1) is 29.4. The molecule has 2 atom stereocenters. The number of ketones is 1. The number of allylic oxidation sites excluding steroid dienone is 1. The number of ether oxygens (including phenoxy) is 3. The molecular weight excluding hydrogens is 552 g/mol. The van der Waals surface area contributed by atoms with Crippen molar-refractivity contribution in [2.75, 3.05) is 31.5 Å². The molecule has 3 aromatic carbocycles. The monoisotopic (exact) mass is 584 g/mol. The Balaban J connectivity index is 1.66. The average molecular weight is 585 g/mol. The van der Waals surface area contributed by atoms with E-state index in [2.05, 4.69) is 5.32 Å². The Morgan fingerprint density at radius 1 is 0.884 bits per heavy atom. The summed E-state index contributed by atoms with van der Waals surface area (Å²) in [6, 6.07) is 18.5. The molecule has 1 aliphatic heterocycles. The van der Waals surface area contributed by atoms with Crippen LogP contribution >= 0.6 is 0 Å². The number of aliphatic carboxylic acids is 1. The number of esters is 1. The summed E-state index contributed by atoms with van der Waals surface area (Å²) in [7, 11) is 4.41. The lowest BCUT2D eigenvalue weighted by Crippen LogP contribution is -2.38. The molecule has 0 radical (unpaired) electrons. The minimum absolute atomic E-state index is 0.153. The van der Waals surface area contributed by atoms with E-state index in [4.69, 9.17) is 14.2 Å². The van der Waals surface area contributed by atoms with Gasteiger partial charge in [-0.05, 0) is 59.9 Å². The number of carbonyl (C=O) groups excluding carboxylic acids is 3. The number of carboxylic acid groups (broad SMARTS) is 1. The molecule has 222 valence electrons. The smallest absolute Gasteiger partial charge is 0.337 e. The first-order valence-electron chi connectivity index (χ1n) is 13.8. The fraction of sp³-hybridized carbons (Fsp3) is 0.273. The van der Waals surface area contributed by atoms with Gasteiger partial charge in [0.2, 0.25) is 5.91 Å². The Morgan fingerprint density at radius 2 is 1.58 bits per heavy atom. The maximum atomic E-state index is 14.2. The number of methoxy groups -OCH3 is 3. The molecule has 43 heavy (non-hydrogen) atoms. The number of fused-ring (bicyclic) bond motifs is 1. The predicted molar refractivity (Wildman–Crippen MR) is 158 cm³/mol. The Bertz CT molecular complexity index is 1610. The zero-order chi connectivity index (χ0) is 30.7. The number of rotatable bonds is 8. The molecule has 0 aromatic heterocycles. The fourth-order valence-corrected chi connectivity index (χ4v) is 5.78. The molecular formula is C33H32N2O8. The van der Waals surface area contributed by atoms with Gasteiger partial charge in [0, 0.05) is 24.1 Å². The summed E-state index contributed by atoms with van der Waals surface area (Å²) in [6.07, 6.45) is 0.0324. The molecule has 0 saturated carbocycles. The Labute approximate surface area is 248 Å². The normalized spacial score (nSPS) is 17.7. The molecule has 10 nitrogen and oxygen atoms in total. The number of hydrogen-bond acceptors (Lipinski definition) is 8. The zero-order valence-corrected chi connectivity index (χ0v) is 24.1. The number of carboxylic acids is 1. The Morgan fingerprint density at radius 3 is 2.26 bits per heavy atom. The number of anilines is 2. The lowest BCUT2D eigenvalue weighted by atomic mass is 9.78. The number of nitrogens with one attached hydrogen (secondary N) is 1. The van der Waals surface area contributed by atoms with Gasteiger partial charge in [0.25, 0.3) is 0 Å². The minimum Gasteiger partial charge on any atom is -0.493 e. The van der Waals surface area contributed by atoms with E-state index in [1.54, 1.807) is 50.6 Å². The highest BCUT2D eigenvalue weighted by Crippen LogP contribution is 2.48. The van der Waals surface area contributed by atoms with Gasteiger partial charge in [-0.15, -0.1) is 0 Å². The number of para-hydroxylation sites is 2. The second-order valence-corrected chi connectivity index (χ2v) is 10.4. The maximum Gasteiger partial charge on any atom is 0.337 e. The number of carbonyl (C=O) groups is 4. The van der Waals surface area contributed by atoms with E-state index < -0.39 is 23.9 Å². The Hall–Kier alpha value is -5.12. The van der Waals surface area contributed by atoms with Crippen molar-refractivity contribution in [1.29, 1.82) is 0 Å². The quantitative estimate of drug-likeness (QED) is 0.341. The minimum atomic E-state index is -1.10. The SMILES string of the molecule is COC(=O)c1ccc([C@H]2C3=C(C[C@@H](c4ccc(OC)c(OC)c4)CC3=O)Nc3ccccc3N2C(=O)CCC(=O)O)cc1. The van der Waals surface area contributed by atoms with Crippen LogP contribution in [0.25, 0.3) is 0 Å². The summed E-state index contributed by atoms with van der Waals surface area (Å²) in [6.45, 7) is 0. The van der Waals surface area contributed by atoms with E-state index in [0.29, 0.717) is 51.7 Å². The summed E-state index contributed by atoms with van der Waals surface area (Å²) in [4.78, 5) is 53.1. The molecule has 0 bridgehead atoms. The van der Waals surface area contributed by atoms with Gasteiger partial charge in [-0.2, -0.15) is 0 Å². The molecule has 1 aliphatic carbocycles. The van der Waals surface area contributed by atoms with Crippen LogP contribution in [0.4, 0.5) is 11.4 Å². The molecule has 10 heteroatoms. The van der Waals surface area contributed by atoms with Crippen LogP contribution in [0, 0.1) is 0 Å². The highest BCUT2D eigenvalue weighted by Gasteiger charge is 2.41. The van der Waals surface area contributed by atoms with Crippen LogP contribution in [-0.2, 0) is 19.1 Å². The van der Waals surface area contributed by atoms with Crippen LogP contribution in [-0.4, -0.2) is 50.1 Å². The molecule has 0 saturated heterocycles. The van der Waals surface area contributed by atoms with Crippen LogP contribution in [0.1, 0.15) is 59.1 Å². The number of hydrogen-bond donors (Lipinski definition) is 2. The van der Waals surface area contributed by atoms with Crippen molar-refractivity contribution in [3.63, 3.8) is 0 Å². The van der Waals surface area contributed by atoms with Gasteiger partial charge < -0.3 is 24.6 Å². The van der Waals surface area contributed by atoms with Crippen molar-refractivity contribution in [2.45, 2.75) is 37.6 Å². The topological polar surface area (TPSA) is 131 Å². The molecule has 1 heterocycles. The predicted octanol–water partition coefficient (Wildman–Crippen LogP) is 5.26. The third kappa shape index (κ3) is 5.81. The van der Waals surface area contributed by atoms with Crippen LogP contribution in [0.15, 0.2) is 78.0 Å². The average Bonchev–Trinajstić information content (AvgIpc) is 3.17. The fourth-order valence-electron chi connectivity index (χ4n) is 5.78. The maximum absolute atomic E-state index is 14.2. The van der Waals surface area contributed by atoms with Crippen molar-refractivity contribution in [1.82, 2.24) is 0 Å². The number of benzene rings is 3. The summed E-state index contributed by atoms with van der Waals surface area (Å²) >= 11 is 0. The van der Waals surface area contributed by atoms with E-state index in [0.717, 1.165) is 5.56 Å². The van der Waals surface area contributed by atoms with Crippen molar-refractivity contribution in [3.05, 3.63) is 94.7 Å². The van der Waals surface area contributed by atoms with E-state index >= 15 is 0 Å². The number of Topliss-reactive ketones (excluding diaryl/α,β-unsaturated/α-hetero) is 1. The molecule has 0 unspecified atom stereocenters. The van der Waals surface area contributed by atoms with E-state index in [1.165, 1.54) is 12.0 Å². The summed E-state index contributed by atoms with van der Waals surface area (Å²) in [5.74, 6) is -1.24. The zero-order valence-electron chi connectivity index (χ0n) is 24.1. The van der Waals surface area contributed by atoms with Crippen molar-refractivity contribution < 1.29 is 38.5 Å². The third-order valence-electron chi connectivity index (χ3n) is 7.84. The lowest BCUT2D eigenvalue weighted by molar-refractivity contribution is -0.138. The standard InChI is InChI=1S/C33H32N2O8/c1-41-27-13-12-21(18-28(27)42-2)22-16-24-31(26(36)17-22)32(19-8-10-20(11-9-19)33(40)43-3)35(29(37)14-15-30(38)39)25-7-5-4-6-23(25)34-24/h4-13,18,22,32,34H,14-17H2,1-3H3,(H,38,39)/t22-,32+/m1/s1. The molecule has 2 aliphatic rings. The molecule has 1 amide bonds. The second-order valence-electron chi connectivity index (χ2n) is 10.4. The van der Waals surface area contributed by atoms with Gasteiger partial charge in [-0.25, -0.2) is 4.79 Å². The van der Waals surface area contributed by atoms with E-state index in [9.17, 15) is 24.3 Å². The Kier molecular flexibility index (Phi) is 8.47. The summed E-state index contributed by atoms with van der Waals surface area (Å²) in [5, 5.41) is 12.8. The first-order valence-corrected chi connectivity index (χ1v) is 13.8. The highest BCUT2D eigenvalue weighted by molar-refractivity contribution is 6.07. The molecule has 5 rings (SSSR count). The van der Waals surface area contributed by atoms with Crippen molar-refractivity contribution in [3.8, 4) is 11.5 Å². The van der Waals surface area contributed by atoms with Gasteiger partial charge in [0.15, 0.2) is 17.3 Å². The molecule has 3 aromatic rings. The first-order chi connectivity index (χ1) is 20.7.